The highest BCUT2D eigenvalue weighted by Crippen LogP contribution is 2.31. The molecule has 2 aromatic rings. The minimum atomic E-state index is 0.552. The molecule has 0 saturated carbocycles. The zero-order valence-electron chi connectivity index (χ0n) is 9.84. The summed E-state index contributed by atoms with van der Waals surface area (Å²) < 4.78 is 0. The van der Waals surface area contributed by atoms with Crippen molar-refractivity contribution in [2.45, 2.75) is 5.92 Å². The fraction of sp³-hybridized carbons (Fsp3) is 0.200. The molecule has 0 saturated heterocycles. The second kappa shape index (κ2) is 6.90. The number of rotatable bonds is 5. The molecule has 0 amide bonds. The lowest BCUT2D eigenvalue weighted by Gasteiger charge is -2.17. The molecular weight excluding hydrogens is 242 g/mol. The summed E-state index contributed by atoms with van der Waals surface area (Å²) in [6.45, 7) is 0. The highest BCUT2D eigenvalue weighted by Gasteiger charge is 2.12. The van der Waals surface area contributed by atoms with Gasteiger partial charge in [0.15, 0.2) is 0 Å². The van der Waals surface area contributed by atoms with Crippen LogP contribution in [0.25, 0.3) is 0 Å². The average Bonchev–Trinajstić information content (AvgIpc) is 2.42. The summed E-state index contributed by atoms with van der Waals surface area (Å²) in [7, 11) is 3.84. The molecule has 88 valence electrons. The third-order valence-corrected chi connectivity index (χ3v) is 4.75. The zero-order chi connectivity index (χ0) is 11.9. The second-order valence-corrected chi connectivity index (χ2v) is 6.57. The SMILES string of the molecule is PCPCC(c1ccccc1)c1ccccc1. The van der Waals surface area contributed by atoms with E-state index < -0.39 is 0 Å². The lowest BCUT2D eigenvalue weighted by atomic mass is 9.93. The van der Waals surface area contributed by atoms with E-state index in [9.17, 15) is 0 Å². The predicted molar refractivity (Wildman–Crippen MR) is 82.5 cm³/mol. The van der Waals surface area contributed by atoms with Gasteiger partial charge in [-0.2, -0.15) is 0 Å². The molecule has 2 heteroatoms. The first-order valence-corrected chi connectivity index (χ1v) is 8.15. The molecule has 0 heterocycles. The van der Waals surface area contributed by atoms with Gasteiger partial charge in [0.25, 0.3) is 0 Å². The fourth-order valence-corrected chi connectivity index (χ4v) is 3.45. The maximum absolute atomic E-state index is 2.83. The summed E-state index contributed by atoms with van der Waals surface area (Å²) in [6, 6.07) is 21.7. The monoisotopic (exact) mass is 260 g/mol. The molecule has 2 unspecified atom stereocenters. The van der Waals surface area contributed by atoms with Crippen molar-refractivity contribution in [2.24, 2.45) is 0 Å². The third-order valence-electron chi connectivity index (χ3n) is 2.90. The molecule has 0 bridgehead atoms. The molecule has 0 spiro atoms. The van der Waals surface area contributed by atoms with E-state index in [2.05, 4.69) is 69.9 Å². The molecular formula is C15H18P2. The highest BCUT2D eigenvalue weighted by molar-refractivity contribution is 7.48. The number of hydrogen-bond donors (Lipinski definition) is 0. The van der Waals surface area contributed by atoms with Crippen molar-refractivity contribution in [3.63, 3.8) is 0 Å². The highest BCUT2D eigenvalue weighted by atomic mass is 31.1. The van der Waals surface area contributed by atoms with Gasteiger partial charge in [-0.25, -0.2) is 0 Å². The van der Waals surface area contributed by atoms with E-state index in [1.165, 1.54) is 23.2 Å². The molecule has 2 atom stereocenters. The van der Waals surface area contributed by atoms with Crippen molar-refractivity contribution >= 4 is 17.8 Å². The first-order chi connectivity index (χ1) is 8.42. The molecule has 2 aromatic carbocycles. The largest absolute Gasteiger partial charge is 0.133 e. The van der Waals surface area contributed by atoms with Gasteiger partial charge in [0.2, 0.25) is 0 Å². The van der Waals surface area contributed by atoms with Crippen LogP contribution in [0.1, 0.15) is 17.0 Å². The van der Waals surface area contributed by atoms with Crippen LogP contribution in [0.5, 0.6) is 0 Å². The Hall–Kier alpha value is -0.700. The van der Waals surface area contributed by atoms with Crippen molar-refractivity contribution < 1.29 is 0 Å². The summed E-state index contributed by atoms with van der Waals surface area (Å²) in [5.74, 6) is 1.76. The van der Waals surface area contributed by atoms with Crippen LogP contribution in [0.15, 0.2) is 60.7 Å². The Morgan fingerprint density at radius 2 is 1.29 bits per heavy atom. The van der Waals surface area contributed by atoms with Crippen molar-refractivity contribution in [3.8, 4) is 0 Å². The fourth-order valence-electron chi connectivity index (χ4n) is 2.03. The van der Waals surface area contributed by atoms with E-state index in [0.29, 0.717) is 5.92 Å². The van der Waals surface area contributed by atoms with Crippen LogP contribution in [0.3, 0.4) is 0 Å². The van der Waals surface area contributed by atoms with Crippen LogP contribution < -0.4 is 0 Å². The summed E-state index contributed by atoms with van der Waals surface area (Å²) in [6.07, 6.45) is 1.25. The second-order valence-electron chi connectivity index (χ2n) is 4.03. The minimum absolute atomic E-state index is 0.552. The van der Waals surface area contributed by atoms with E-state index in [1.807, 2.05) is 0 Å². The molecule has 2 rings (SSSR count). The quantitative estimate of drug-likeness (QED) is 0.702. The van der Waals surface area contributed by atoms with Gasteiger partial charge >= 0.3 is 0 Å². The molecule has 0 aliphatic rings. The van der Waals surface area contributed by atoms with Crippen LogP contribution >= 0.6 is 17.8 Å². The Bertz CT molecular complexity index is 386. The maximum atomic E-state index is 2.83. The van der Waals surface area contributed by atoms with Gasteiger partial charge in [0.1, 0.15) is 0 Å². The summed E-state index contributed by atoms with van der Waals surface area (Å²) >= 11 is 0. The molecule has 0 radical (unpaired) electrons. The minimum Gasteiger partial charge on any atom is -0.133 e. The predicted octanol–water partition coefficient (Wildman–Crippen LogP) is 4.33. The van der Waals surface area contributed by atoms with E-state index in [1.54, 1.807) is 0 Å². The van der Waals surface area contributed by atoms with Gasteiger partial charge < -0.3 is 0 Å². The Morgan fingerprint density at radius 3 is 1.71 bits per heavy atom. The summed E-state index contributed by atoms with van der Waals surface area (Å²) in [5, 5.41) is 0. The van der Waals surface area contributed by atoms with Crippen LogP contribution in [-0.2, 0) is 0 Å². The van der Waals surface area contributed by atoms with Gasteiger partial charge in [0.05, 0.1) is 0 Å². The third kappa shape index (κ3) is 3.63. The van der Waals surface area contributed by atoms with Crippen molar-refractivity contribution in [2.75, 3.05) is 12.1 Å². The number of hydrogen-bond acceptors (Lipinski definition) is 0. The smallest absolute Gasteiger partial charge is 0.0126 e. The van der Waals surface area contributed by atoms with Gasteiger partial charge in [0, 0.05) is 5.92 Å². The lowest BCUT2D eigenvalue weighted by Crippen LogP contribution is -2.03. The average molecular weight is 260 g/mol. The van der Waals surface area contributed by atoms with Crippen LogP contribution in [-0.4, -0.2) is 12.1 Å². The standard InChI is InChI=1S/C15H18P2/c16-12-17-11-15(13-7-3-1-4-8-13)14-9-5-2-6-10-14/h1-10,15,17H,11-12,16H2. The molecule has 0 aliphatic heterocycles. The first-order valence-electron chi connectivity index (χ1n) is 5.92. The van der Waals surface area contributed by atoms with Gasteiger partial charge in [-0.1, -0.05) is 60.7 Å². The van der Waals surface area contributed by atoms with Crippen molar-refractivity contribution in [1.29, 1.82) is 0 Å². The molecule has 0 nitrogen and oxygen atoms in total. The van der Waals surface area contributed by atoms with E-state index in [-0.39, 0.29) is 0 Å². The molecule has 17 heavy (non-hydrogen) atoms. The van der Waals surface area contributed by atoms with E-state index in [4.69, 9.17) is 0 Å². The van der Waals surface area contributed by atoms with Gasteiger partial charge in [-0.3, -0.25) is 0 Å². The first kappa shape index (κ1) is 12.7. The Kier molecular flexibility index (Phi) is 5.17. The lowest BCUT2D eigenvalue weighted by molar-refractivity contribution is 0.934. The Morgan fingerprint density at radius 1 is 0.824 bits per heavy atom. The molecule has 0 fully saturated rings. The van der Waals surface area contributed by atoms with E-state index in [0.717, 1.165) is 8.58 Å². The maximum Gasteiger partial charge on any atom is 0.0126 e. The summed E-state index contributed by atoms with van der Waals surface area (Å²) in [5.41, 5.74) is 2.87. The topological polar surface area (TPSA) is 0 Å². The van der Waals surface area contributed by atoms with E-state index >= 15 is 0 Å². The zero-order valence-corrected chi connectivity index (χ0v) is 12.0. The molecule has 0 aliphatic carbocycles. The van der Waals surface area contributed by atoms with Gasteiger partial charge in [-0.05, 0) is 23.2 Å². The summed E-state index contributed by atoms with van der Waals surface area (Å²) in [4.78, 5) is 0. The number of benzene rings is 2. The van der Waals surface area contributed by atoms with Gasteiger partial charge in [-0.15, -0.1) is 17.8 Å². The van der Waals surface area contributed by atoms with Crippen molar-refractivity contribution in [1.82, 2.24) is 0 Å². The van der Waals surface area contributed by atoms with Crippen molar-refractivity contribution in [3.05, 3.63) is 71.8 Å². The van der Waals surface area contributed by atoms with Crippen LogP contribution in [0.4, 0.5) is 0 Å². The van der Waals surface area contributed by atoms with Crippen LogP contribution in [0.2, 0.25) is 0 Å². The Balaban J connectivity index is 2.26. The normalized spacial score (nSPS) is 11.4. The Labute approximate surface area is 108 Å². The molecule has 0 N–H and O–H groups in total. The molecule has 0 aromatic heterocycles. The van der Waals surface area contributed by atoms with Crippen LogP contribution in [0, 0.1) is 0 Å².